The van der Waals surface area contributed by atoms with Gasteiger partial charge in [0.25, 0.3) is 5.91 Å². The largest absolute Gasteiger partial charge is 0.333 e. The van der Waals surface area contributed by atoms with Crippen LogP contribution in [0.3, 0.4) is 0 Å². The summed E-state index contributed by atoms with van der Waals surface area (Å²) in [6, 6.07) is 15.2. The lowest BCUT2D eigenvalue weighted by Crippen LogP contribution is -2.88. The van der Waals surface area contributed by atoms with Gasteiger partial charge in [-0.25, -0.2) is 0 Å². The van der Waals surface area contributed by atoms with Gasteiger partial charge in [-0.2, -0.15) is 5.26 Å². The Balaban J connectivity index is 2.11. The Labute approximate surface area is 173 Å². The quantitative estimate of drug-likeness (QED) is 0.677. The van der Waals surface area contributed by atoms with Crippen LogP contribution in [0.25, 0.3) is 0 Å². The molecule has 0 saturated carbocycles. The third-order valence-electron chi connectivity index (χ3n) is 5.16. The van der Waals surface area contributed by atoms with E-state index in [0.717, 1.165) is 6.42 Å². The molecule has 5 heteroatoms. The van der Waals surface area contributed by atoms with Gasteiger partial charge in [-0.15, -0.1) is 11.3 Å². The van der Waals surface area contributed by atoms with Crippen molar-refractivity contribution in [3.63, 3.8) is 0 Å². The molecule has 1 aromatic carbocycles. The molecule has 1 heterocycles. The van der Waals surface area contributed by atoms with E-state index in [4.69, 9.17) is 0 Å². The van der Waals surface area contributed by atoms with Crippen molar-refractivity contribution in [2.24, 2.45) is 11.8 Å². The van der Waals surface area contributed by atoms with Gasteiger partial charge in [0.05, 0.1) is 10.9 Å². The predicted octanol–water partition coefficient (Wildman–Crippen LogP) is 3.65. The van der Waals surface area contributed by atoms with Crippen LogP contribution < -0.4 is 10.6 Å². The number of nitrogens with zero attached hydrogens (tertiary/aromatic N) is 1. The molecule has 1 amide bonds. The lowest BCUT2D eigenvalue weighted by molar-refractivity contribution is -0.676. The Kier molecular flexibility index (Phi) is 7.79. The molecular weight excluding hydrogens is 366 g/mol. The van der Waals surface area contributed by atoms with Crippen molar-refractivity contribution < 1.29 is 10.1 Å². The Morgan fingerprint density at radius 2 is 1.89 bits per heavy atom. The van der Waals surface area contributed by atoms with Gasteiger partial charge in [-0.05, 0) is 42.2 Å². The number of rotatable bonds is 9. The van der Waals surface area contributed by atoms with Crippen LogP contribution in [0.15, 0.2) is 41.8 Å². The van der Waals surface area contributed by atoms with Gasteiger partial charge in [0.1, 0.15) is 11.6 Å². The fourth-order valence-corrected chi connectivity index (χ4v) is 3.93. The van der Waals surface area contributed by atoms with Crippen molar-refractivity contribution in [2.45, 2.75) is 52.6 Å². The number of nitriles is 1. The van der Waals surface area contributed by atoms with Gasteiger partial charge in [-0.1, -0.05) is 58.0 Å². The number of thiophene rings is 1. The number of nitrogens with two attached hydrogens (primary N) is 1. The average Bonchev–Trinajstić information content (AvgIpc) is 3.17. The molecule has 2 atom stereocenters. The molecule has 0 aliphatic heterocycles. The molecule has 4 nitrogen and oxygen atoms in total. The first-order valence-corrected chi connectivity index (χ1v) is 10.8. The molecule has 0 bridgehead atoms. The summed E-state index contributed by atoms with van der Waals surface area (Å²) in [4.78, 5) is 13.7. The van der Waals surface area contributed by atoms with Crippen molar-refractivity contribution in [1.29, 1.82) is 5.26 Å². The van der Waals surface area contributed by atoms with Gasteiger partial charge in [-0.3, -0.25) is 4.79 Å². The zero-order chi connectivity index (χ0) is 20.7. The summed E-state index contributed by atoms with van der Waals surface area (Å²) < 4.78 is 0. The second-order valence-corrected chi connectivity index (χ2v) is 9.27. The number of hydrogen-bond donors (Lipinski definition) is 2. The molecule has 28 heavy (non-hydrogen) atoms. The zero-order valence-corrected chi connectivity index (χ0v) is 18.3. The van der Waals surface area contributed by atoms with Gasteiger partial charge in [0.2, 0.25) is 0 Å². The van der Waals surface area contributed by atoms with E-state index >= 15 is 0 Å². The third-order valence-corrected chi connectivity index (χ3v) is 6.11. The van der Waals surface area contributed by atoms with Crippen LogP contribution in [0.1, 0.15) is 56.7 Å². The van der Waals surface area contributed by atoms with E-state index in [0.29, 0.717) is 5.92 Å². The van der Waals surface area contributed by atoms with Gasteiger partial charge in [0.15, 0.2) is 6.54 Å². The van der Waals surface area contributed by atoms with Crippen LogP contribution in [0.5, 0.6) is 0 Å². The minimum Gasteiger partial charge on any atom is -0.333 e. The summed E-state index contributed by atoms with van der Waals surface area (Å²) in [6.45, 7) is 10.4. The van der Waals surface area contributed by atoms with Crippen molar-refractivity contribution in [1.82, 2.24) is 5.32 Å². The van der Waals surface area contributed by atoms with Crippen molar-refractivity contribution >= 4 is 17.2 Å². The molecule has 0 aliphatic carbocycles. The van der Waals surface area contributed by atoms with Crippen LogP contribution in [0.2, 0.25) is 0 Å². The maximum absolute atomic E-state index is 12.5. The average molecular weight is 399 g/mol. The maximum atomic E-state index is 12.5. The number of carbonyl (C=O) groups excluding carboxylic acids is 1. The molecule has 0 saturated heterocycles. The number of nitrogens with one attached hydrogen (secondary N) is 1. The van der Waals surface area contributed by atoms with Gasteiger partial charge < -0.3 is 10.6 Å². The number of quaternary nitrogens is 1. The first kappa shape index (κ1) is 22.1. The molecule has 150 valence electrons. The first-order valence-electron chi connectivity index (χ1n) is 9.93. The summed E-state index contributed by atoms with van der Waals surface area (Å²) >= 11 is 1.70. The van der Waals surface area contributed by atoms with E-state index in [2.05, 4.69) is 66.3 Å². The summed E-state index contributed by atoms with van der Waals surface area (Å²) in [6.07, 6.45) is 1.07. The summed E-state index contributed by atoms with van der Waals surface area (Å²) in [7, 11) is 0. The highest BCUT2D eigenvalue weighted by Crippen LogP contribution is 2.23. The Hall–Kier alpha value is -2.16. The fourth-order valence-electron chi connectivity index (χ4n) is 3.08. The number of carbonyl (C=O) groups is 1. The van der Waals surface area contributed by atoms with E-state index in [9.17, 15) is 10.1 Å². The molecular formula is C23H32N3OS+. The van der Waals surface area contributed by atoms with Crippen molar-refractivity contribution in [2.75, 3.05) is 6.54 Å². The molecule has 0 aliphatic rings. The number of hydrogen-bond acceptors (Lipinski definition) is 3. The van der Waals surface area contributed by atoms with Crippen LogP contribution in [0, 0.1) is 23.2 Å². The minimum atomic E-state index is -0.845. The Bertz CT molecular complexity index is 790. The monoisotopic (exact) mass is 398 g/mol. The summed E-state index contributed by atoms with van der Waals surface area (Å²) in [5.74, 6) is 0.559. The molecule has 2 aromatic rings. The SMILES string of the molecule is CC(C)Cc1ccc([C@H]([NH2+]CC(=O)N[C@](C)(C#N)C(C)C)c2cccs2)cc1. The highest BCUT2D eigenvalue weighted by atomic mass is 32.1. The molecule has 1 aromatic heterocycles. The lowest BCUT2D eigenvalue weighted by atomic mass is 9.90. The van der Waals surface area contributed by atoms with E-state index in [-0.39, 0.29) is 24.4 Å². The molecule has 0 fully saturated rings. The summed E-state index contributed by atoms with van der Waals surface area (Å²) in [5.41, 5.74) is 1.68. The zero-order valence-electron chi connectivity index (χ0n) is 17.5. The first-order chi connectivity index (χ1) is 13.2. The fraction of sp³-hybridized carbons (Fsp3) is 0.478. The maximum Gasteiger partial charge on any atom is 0.276 e. The molecule has 0 radical (unpaired) electrons. The van der Waals surface area contributed by atoms with Crippen LogP contribution in [0.4, 0.5) is 0 Å². The normalized spacial score (nSPS) is 14.5. The minimum absolute atomic E-state index is 0.0445. The lowest BCUT2D eigenvalue weighted by Gasteiger charge is -2.27. The van der Waals surface area contributed by atoms with Crippen LogP contribution >= 0.6 is 11.3 Å². The molecule has 2 rings (SSSR count). The van der Waals surface area contributed by atoms with Crippen LogP contribution in [-0.2, 0) is 11.2 Å². The van der Waals surface area contributed by atoms with Gasteiger partial charge >= 0.3 is 0 Å². The molecule has 0 spiro atoms. The third kappa shape index (κ3) is 5.92. The second-order valence-electron chi connectivity index (χ2n) is 8.29. The number of amides is 1. The predicted molar refractivity (Wildman–Crippen MR) is 115 cm³/mol. The molecule has 0 unspecified atom stereocenters. The Morgan fingerprint density at radius 3 is 2.39 bits per heavy atom. The van der Waals surface area contributed by atoms with E-state index < -0.39 is 5.54 Å². The highest BCUT2D eigenvalue weighted by molar-refractivity contribution is 7.10. The van der Waals surface area contributed by atoms with Crippen molar-refractivity contribution in [3.05, 3.63) is 57.8 Å². The highest BCUT2D eigenvalue weighted by Gasteiger charge is 2.31. The topological polar surface area (TPSA) is 69.5 Å². The molecule has 3 N–H and O–H groups in total. The standard InChI is InChI=1S/C23H31N3OS/c1-16(2)13-18-8-10-19(11-9-18)22(20-7-6-12-28-20)25-14-21(27)26-23(5,15-24)17(3)4/h6-12,16-17,22,25H,13-14H2,1-5H3,(H,26,27)/p+1/t22-,23+/m0/s1. The van der Waals surface area contributed by atoms with E-state index in [1.54, 1.807) is 18.3 Å². The number of benzene rings is 1. The van der Waals surface area contributed by atoms with Crippen LogP contribution in [-0.4, -0.2) is 18.0 Å². The second kappa shape index (κ2) is 9.86. The van der Waals surface area contributed by atoms with E-state index in [1.807, 2.05) is 19.9 Å². The summed E-state index contributed by atoms with van der Waals surface area (Å²) in [5, 5.41) is 16.4. The smallest absolute Gasteiger partial charge is 0.276 e. The van der Waals surface area contributed by atoms with E-state index in [1.165, 1.54) is 16.0 Å². The van der Waals surface area contributed by atoms with Gasteiger partial charge in [0, 0.05) is 5.56 Å². The Morgan fingerprint density at radius 1 is 1.21 bits per heavy atom. The van der Waals surface area contributed by atoms with Crippen molar-refractivity contribution in [3.8, 4) is 6.07 Å².